The summed E-state index contributed by atoms with van der Waals surface area (Å²) >= 11 is 0. The standard InChI is InChI=1S/C22H27N3O5/c1-14(2)21(28)25-10-4-6-15-8-9-16(12-17(15)25)24-20(27)19(26)23-13-22(3,29)18-7-5-11-30-18/h5,7-9,11-12,14,29H,4,6,10,13H2,1-3H3,(H,23,26)(H,24,27). The molecule has 8 nitrogen and oxygen atoms in total. The third kappa shape index (κ3) is 4.71. The highest BCUT2D eigenvalue weighted by molar-refractivity contribution is 6.39. The summed E-state index contributed by atoms with van der Waals surface area (Å²) in [5.41, 5.74) is 0.782. The molecule has 1 aliphatic rings. The van der Waals surface area contributed by atoms with Gasteiger partial charge in [0.2, 0.25) is 5.91 Å². The highest BCUT2D eigenvalue weighted by Gasteiger charge is 2.28. The summed E-state index contributed by atoms with van der Waals surface area (Å²) in [6.07, 6.45) is 3.16. The van der Waals surface area contributed by atoms with Crippen LogP contribution in [0.2, 0.25) is 0 Å². The highest BCUT2D eigenvalue weighted by atomic mass is 16.4. The molecule has 30 heavy (non-hydrogen) atoms. The second-order valence-corrected chi connectivity index (χ2v) is 7.98. The number of aryl methyl sites for hydroxylation is 1. The monoisotopic (exact) mass is 413 g/mol. The maximum atomic E-state index is 12.5. The topological polar surface area (TPSA) is 112 Å². The number of carbonyl (C=O) groups excluding carboxylic acids is 3. The molecule has 1 atom stereocenters. The van der Waals surface area contributed by atoms with Gasteiger partial charge in [-0.1, -0.05) is 19.9 Å². The maximum Gasteiger partial charge on any atom is 0.313 e. The summed E-state index contributed by atoms with van der Waals surface area (Å²) < 4.78 is 5.15. The molecule has 0 saturated carbocycles. The normalized spacial score (nSPS) is 15.3. The van der Waals surface area contributed by atoms with E-state index in [4.69, 9.17) is 4.42 Å². The lowest BCUT2D eigenvalue weighted by Gasteiger charge is -2.31. The average molecular weight is 413 g/mol. The number of nitrogens with one attached hydrogen (secondary N) is 2. The molecule has 0 bridgehead atoms. The number of carbonyl (C=O) groups is 3. The predicted molar refractivity (Wildman–Crippen MR) is 112 cm³/mol. The van der Waals surface area contributed by atoms with Crippen LogP contribution in [0.5, 0.6) is 0 Å². The van der Waals surface area contributed by atoms with Crippen LogP contribution in [-0.4, -0.2) is 35.9 Å². The van der Waals surface area contributed by atoms with E-state index >= 15 is 0 Å². The van der Waals surface area contributed by atoms with E-state index in [9.17, 15) is 19.5 Å². The Balaban J connectivity index is 1.66. The van der Waals surface area contributed by atoms with E-state index in [2.05, 4.69) is 10.6 Å². The largest absolute Gasteiger partial charge is 0.466 e. The van der Waals surface area contributed by atoms with Gasteiger partial charge in [0.25, 0.3) is 0 Å². The Kier molecular flexibility index (Phi) is 6.26. The summed E-state index contributed by atoms with van der Waals surface area (Å²) in [6, 6.07) is 8.51. The minimum atomic E-state index is -1.44. The zero-order chi connectivity index (χ0) is 21.9. The van der Waals surface area contributed by atoms with E-state index in [1.807, 2.05) is 19.9 Å². The van der Waals surface area contributed by atoms with Crippen molar-refractivity contribution in [1.29, 1.82) is 0 Å². The van der Waals surface area contributed by atoms with Gasteiger partial charge in [-0.25, -0.2) is 0 Å². The van der Waals surface area contributed by atoms with Gasteiger partial charge in [0.15, 0.2) is 0 Å². The van der Waals surface area contributed by atoms with Gasteiger partial charge in [-0.2, -0.15) is 0 Å². The summed E-state index contributed by atoms with van der Waals surface area (Å²) in [7, 11) is 0. The third-order valence-electron chi connectivity index (χ3n) is 5.07. The molecule has 1 unspecified atom stereocenters. The van der Waals surface area contributed by atoms with Crippen molar-refractivity contribution in [3.8, 4) is 0 Å². The zero-order valence-electron chi connectivity index (χ0n) is 17.4. The first kappa shape index (κ1) is 21.6. The van der Waals surface area contributed by atoms with Gasteiger partial charge in [0.1, 0.15) is 11.4 Å². The van der Waals surface area contributed by atoms with E-state index in [-0.39, 0.29) is 24.1 Å². The molecule has 160 valence electrons. The maximum absolute atomic E-state index is 12.5. The molecule has 1 aromatic carbocycles. The van der Waals surface area contributed by atoms with Crippen molar-refractivity contribution >= 4 is 29.1 Å². The summed E-state index contributed by atoms with van der Waals surface area (Å²) in [5.74, 6) is -1.57. The number of aliphatic hydroxyl groups is 1. The average Bonchev–Trinajstić information content (AvgIpc) is 3.27. The summed E-state index contributed by atoms with van der Waals surface area (Å²) in [5, 5.41) is 15.3. The van der Waals surface area contributed by atoms with Gasteiger partial charge in [-0.3, -0.25) is 14.4 Å². The lowest BCUT2D eigenvalue weighted by atomic mass is 9.99. The lowest BCUT2D eigenvalue weighted by Crippen LogP contribution is -2.43. The number of hydrogen-bond donors (Lipinski definition) is 3. The Bertz CT molecular complexity index is 934. The first-order valence-corrected chi connectivity index (χ1v) is 9.99. The van der Waals surface area contributed by atoms with E-state index in [1.54, 1.807) is 29.2 Å². The molecule has 3 N–H and O–H groups in total. The van der Waals surface area contributed by atoms with E-state index < -0.39 is 17.4 Å². The molecular formula is C22H27N3O5. The Labute approximate surface area is 175 Å². The highest BCUT2D eigenvalue weighted by Crippen LogP contribution is 2.31. The molecule has 1 aromatic heterocycles. The molecule has 0 radical (unpaired) electrons. The Hall–Kier alpha value is -3.13. The van der Waals surface area contributed by atoms with E-state index in [0.717, 1.165) is 24.1 Å². The number of hydrogen-bond acceptors (Lipinski definition) is 5. The zero-order valence-corrected chi connectivity index (χ0v) is 17.4. The number of fused-ring (bicyclic) bond motifs is 1. The SMILES string of the molecule is CC(C)C(=O)N1CCCc2ccc(NC(=O)C(=O)NCC(C)(O)c3ccco3)cc21. The first-order valence-electron chi connectivity index (χ1n) is 9.99. The number of anilines is 2. The molecular weight excluding hydrogens is 386 g/mol. The molecule has 0 aliphatic carbocycles. The van der Waals surface area contributed by atoms with Gasteiger partial charge in [0, 0.05) is 23.8 Å². The molecule has 8 heteroatoms. The molecule has 0 spiro atoms. The van der Waals surface area contributed by atoms with Crippen molar-refractivity contribution in [2.24, 2.45) is 5.92 Å². The van der Waals surface area contributed by atoms with Crippen molar-refractivity contribution in [3.05, 3.63) is 47.9 Å². The third-order valence-corrected chi connectivity index (χ3v) is 5.07. The predicted octanol–water partition coefficient (Wildman–Crippen LogP) is 2.18. The van der Waals surface area contributed by atoms with E-state index in [0.29, 0.717) is 12.2 Å². The van der Waals surface area contributed by atoms with Crippen molar-refractivity contribution in [2.75, 3.05) is 23.3 Å². The van der Waals surface area contributed by atoms with Crippen LogP contribution in [0.15, 0.2) is 41.0 Å². The van der Waals surface area contributed by atoms with Crippen LogP contribution >= 0.6 is 0 Å². The van der Waals surface area contributed by atoms with E-state index in [1.165, 1.54) is 13.2 Å². The fourth-order valence-corrected chi connectivity index (χ4v) is 3.39. The molecule has 1 aliphatic heterocycles. The first-order chi connectivity index (χ1) is 14.2. The van der Waals surface area contributed by atoms with Crippen LogP contribution < -0.4 is 15.5 Å². The molecule has 2 heterocycles. The fourth-order valence-electron chi connectivity index (χ4n) is 3.39. The van der Waals surface area contributed by atoms with Gasteiger partial charge in [-0.15, -0.1) is 0 Å². The molecule has 3 amide bonds. The number of rotatable bonds is 5. The van der Waals surface area contributed by atoms with Crippen molar-refractivity contribution in [3.63, 3.8) is 0 Å². The quantitative estimate of drug-likeness (QED) is 0.651. The van der Waals surface area contributed by atoms with Crippen LogP contribution in [0, 0.1) is 5.92 Å². The van der Waals surface area contributed by atoms with Gasteiger partial charge in [-0.05, 0) is 49.6 Å². The summed E-state index contributed by atoms with van der Waals surface area (Å²) in [4.78, 5) is 38.7. The Morgan fingerprint density at radius 1 is 1.23 bits per heavy atom. The van der Waals surface area contributed by atoms with Crippen LogP contribution in [0.1, 0.15) is 38.5 Å². The molecule has 0 fully saturated rings. The van der Waals surface area contributed by atoms with Crippen molar-refractivity contribution in [2.45, 2.75) is 39.2 Å². The van der Waals surface area contributed by atoms with Crippen molar-refractivity contribution in [1.82, 2.24) is 5.32 Å². The lowest BCUT2D eigenvalue weighted by molar-refractivity contribution is -0.136. The number of amides is 3. The van der Waals surface area contributed by atoms with Gasteiger partial charge < -0.3 is 25.1 Å². The van der Waals surface area contributed by atoms with Crippen LogP contribution in [0.25, 0.3) is 0 Å². The Morgan fingerprint density at radius 3 is 2.67 bits per heavy atom. The molecule has 2 aromatic rings. The summed E-state index contributed by atoms with van der Waals surface area (Å²) in [6.45, 7) is 5.62. The minimum absolute atomic E-state index is 0.0253. The van der Waals surface area contributed by atoms with Crippen LogP contribution in [-0.2, 0) is 26.4 Å². The van der Waals surface area contributed by atoms with Crippen molar-refractivity contribution < 1.29 is 23.9 Å². The van der Waals surface area contributed by atoms with Gasteiger partial charge >= 0.3 is 11.8 Å². The second-order valence-electron chi connectivity index (χ2n) is 7.98. The minimum Gasteiger partial charge on any atom is -0.466 e. The fraction of sp³-hybridized carbons (Fsp3) is 0.409. The molecule has 3 rings (SSSR count). The smallest absolute Gasteiger partial charge is 0.313 e. The second kappa shape index (κ2) is 8.71. The van der Waals surface area contributed by atoms with Crippen LogP contribution in [0.3, 0.4) is 0 Å². The molecule has 0 saturated heterocycles. The number of nitrogens with zero attached hydrogens (tertiary/aromatic N) is 1. The number of benzene rings is 1. The van der Waals surface area contributed by atoms with Gasteiger partial charge in [0.05, 0.1) is 12.8 Å². The number of furan rings is 1. The van der Waals surface area contributed by atoms with Crippen LogP contribution in [0.4, 0.5) is 11.4 Å². The Morgan fingerprint density at radius 2 is 2.00 bits per heavy atom.